The highest BCUT2D eigenvalue weighted by Gasteiger charge is 2.26. The Hall–Kier alpha value is -1.56. The average Bonchev–Trinajstić information content (AvgIpc) is 2.76. The molecule has 6 heteroatoms. The Balaban J connectivity index is 1.98. The zero-order chi connectivity index (χ0) is 16.3. The van der Waals surface area contributed by atoms with Gasteiger partial charge in [-0.1, -0.05) is 12.8 Å². The normalized spacial score (nSPS) is 21.7. The van der Waals surface area contributed by atoms with Crippen molar-refractivity contribution in [2.75, 3.05) is 18.9 Å². The Morgan fingerprint density at radius 3 is 2.68 bits per heavy atom. The third-order valence-electron chi connectivity index (χ3n) is 4.64. The molecule has 1 aromatic heterocycles. The summed E-state index contributed by atoms with van der Waals surface area (Å²) >= 11 is 0. The number of nitrogens with one attached hydrogen (secondary N) is 1. The van der Waals surface area contributed by atoms with E-state index in [0.29, 0.717) is 6.54 Å². The van der Waals surface area contributed by atoms with Gasteiger partial charge in [0, 0.05) is 26.1 Å². The minimum atomic E-state index is -0.282. The maximum absolute atomic E-state index is 12.4. The van der Waals surface area contributed by atoms with Gasteiger partial charge in [0.15, 0.2) is 0 Å². The molecule has 1 aliphatic carbocycles. The maximum Gasteiger partial charge on any atom is 0.321 e. The largest absolute Gasteiger partial charge is 0.393 e. The summed E-state index contributed by atoms with van der Waals surface area (Å²) in [5, 5.41) is 17.4. The standard InChI is InChI=1S/C16H28N4O2/c1-5-20-12(3)15(11(2)18-20)17-16(22)19(4)10-13-8-6-7-9-14(13)21/h13-14,21H,5-10H2,1-4H3,(H,17,22). The number of aryl methyl sites for hydroxylation is 2. The van der Waals surface area contributed by atoms with E-state index in [-0.39, 0.29) is 18.1 Å². The van der Waals surface area contributed by atoms with Crippen molar-refractivity contribution in [1.29, 1.82) is 0 Å². The summed E-state index contributed by atoms with van der Waals surface area (Å²) in [4.78, 5) is 14.1. The van der Waals surface area contributed by atoms with Crippen molar-refractivity contribution in [2.24, 2.45) is 5.92 Å². The molecule has 6 nitrogen and oxygen atoms in total. The number of amides is 2. The minimum Gasteiger partial charge on any atom is -0.393 e. The highest BCUT2D eigenvalue weighted by molar-refractivity contribution is 5.90. The molecule has 1 aliphatic rings. The fourth-order valence-electron chi connectivity index (χ4n) is 3.22. The molecule has 1 aromatic rings. The van der Waals surface area contributed by atoms with E-state index in [1.165, 1.54) is 0 Å². The Morgan fingerprint density at radius 1 is 1.41 bits per heavy atom. The van der Waals surface area contributed by atoms with Crippen LogP contribution in [0.5, 0.6) is 0 Å². The minimum absolute atomic E-state index is 0.139. The predicted molar refractivity (Wildman–Crippen MR) is 87.0 cm³/mol. The number of aromatic nitrogens is 2. The van der Waals surface area contributed by atoms with Crippen LogP contribution in [0.1, 0.15) is 44.0 Å². The lowest BCUT2D eigenvalue weighted by Gasteiger charge is -2.31. The van der Waals surface area contributed by atoms with Gasteiger partial charge in [-0.05, 0) is 33.6 Å². The number of anilines is 1. The van der Waals surface area contributed by atoms with Gasteiger partial charge in [0.1, 0.15) is 0 Å². The van der Waals surface area contributed by atoms with Gasteiger partial charge >= 0.3 is 6.03 Å². The molecular formula is C16H28N4O2. The molecule has 2 N–H and O–H groups in total. The van der Waals surface area contributed by atoms with E-state index in [0.717, 1.165) is 49.3 Å². The van der Waals surface area contributed by atoms with E-state index in [9.17, 15) is 9.90 Å². The molecule has 0 spiro atoms. The van der Waals surface area contributed by atoms with Crippen molar-refractivity contribution in [2.45, 2.75) is 59.1 Å². The van der Waals surface area contributed by atoms with E-state index in [1.54, 1.807) is 11.9 Å². The Bertz CT molecular complexity index is 526. The monoisotopic (exact) mass is 308 g/mol. The van der Waals surface area contributed by atoms with Gasteiger partial charge in [-0.25, -0.2) is 4.79 Å². The molecule has 0 aliphatic heterocycles. The molecule has 1 heterocycles. The summed E-state index contributed by atoms with van der Waals surface area (Å²) in [5.41, 5.74) is 2.60. The molecule has 2 unspecified atom stereocenters. The van der Waals surface area contributed by atoms with Crippen LogP contribution in [0.25, 0.3) is 0 Å². The Kier molecular flexibility index (Phi) is 5.45. The van der Waals surface area contributed by atoms with Gasteiger partial charge in [0.25, 0.3) is 0 Å². The van der Waals surface area contributed by atoms with Gasteiger partial charge in [-0.15, -0.1) is 0 Å². The Morgan fingerprint density at radius 2 is 2.09 bits per heavy atom. The molecule has 2 rings (SSSR count). The van der Waals surface area contributed by atoms with Crippen molar-refractivity contribution in [3.05, 3.63) is 11.4 Å². The molecule has 1 saturated carbocycles. The zero-order valence-electron chi connectivity index (χ0n) is 14.1. The third-order valence-corrected chi connectivity index (χ3v) is 4.64. The molecule has 0 saturated heterocycles. The molecule has 22 heavy (non-hydrogen) atoms. The zero-order valence-corrected chi connectivity index (χ0v) is 14.1. The number of aliphatic hydroxyl groups is 1. The van der Waals surface area contributed by atoms with Gasteiger partial charge in [-0.3, -0.25) is 4.68 Å². The van der Waals surface area contributed by atoms with E-state index in [1.807, 2.05) is 25.5 Å². The topological polar surface area (TPSA) is 70.4 Å². The number of hydrogen-bond donors (Lipinski definition) is 2. The number of nitrogens with zero attached hydrogens (tertiary/aromatic N) is 3. The van der Waals surface area contributed by atoms with Gasteiger partial charge in [0.2, 0.25) is 0 Å². The summed E-state index contributed by atoms with van der Waals surface area (Å²) in [5.74, 6) is 0.185. The fraction of sp³-hybridized carbons (Fsp3) is 0.750. The lowest BCUT2D eigenvalue weighted by Crippen LogP contribution is -2.40. The van der Waals surface area contributed by atoms with Crippen molar-refractivity contribution in [3.63, 3.8) is 0 Å². The second-order valence-electron chi connectivity index (χ2n) is 6.28. The van der Waals surface area contributed by atoms with Crippen LogP contribution in [0, 0.1) is 19.8 Å². The van der Waals surface area contributed by atoms with Gasteiger partial charge in [0.05, 0.1) is 23.2 Å². The predicted octanol–water partition coefficient (Wildman–Crippen LogP) is 2.53. The molecule has 2 atom stereocenters. The maximum atomic E-state index is 12.4. The van der Waals surface area contributed by atoms with Crippen LogP contribution in [0.4, 0.5) is 10.5 Å². The highest BCUT2D eigenvalue weighted by Crippen LogP contribution is 2.25. The molecule has 0 radical (unpaired) electrons. The first-order chi connectivity index (χ1) is 10.4. The molecule has 0 aromatic carbocycles. The molecular weight excluding hydrogens is 280 g/mol. The van der Waals surface area contributed by atoms with Crippen LogP contribution in [0.3, 0.4) is 0 Å². The first-order valence-electron chi connectivity index (χ1n) is 8.18. The number of rotatable bonds is 4. The van der Waals surface area contributed by atoms with E-state index < -0.39 is 0 Å². The molecule has 2 amide bonds. The molecule has 1 fully saturated rings. The van der Waals surface area contributed by atoms with Crippen LogP contribution in [0.15, 0.2) is 0 Å². The second kappa shape index (κ2) is 7.13. The molecule has 0 bridgehead atoms. The van der Waals surface area contributed by atoms with Crippen LogP contribution in [-0.2, 0) is 6.54 Å². The summed E-state index contributed by atoms with van der Waals surface area (Å²) in [6.07, 6.45) is 3.78. The van der Waals surface area contributed by atoms with Crippen molar-refractivity contribution in [1.82, 2.24) is 14.7 Å². The highest BCUT2D eigenvalue weighted by atomic mass is 16.3. The van der Waals surface area contributed by atoms with Crippen molar-refractivity contribution in [3.8, 4) is 0 Å². The fourth-order valence-corrected chi connectivity index (χ4v) is 3.22. The van der Waals surface area contributed by atoms with Crippen LogP contribution >= 0.6 is 0 Å². The van der Waals surface area contributed by atoms with Gasteiger partial charge in [-0.2, -0.15) is 5.10 Å². The van der Waals surface area contributed by atoms with Gasteiger partial charge < -0.3 is 15.3 Å². The first kappa shape index (κ1) is 16.8. The van der Waals surface area contributed by atoms with Crippen LogP contribution < -0.4 is 5.32 Å². The number of carbonyl (C=O) groups excluding carboxylic acids is 1. The number of aliphatic hydroxyl groups excluding tert-OH is 1. The summed E-state index contributed by atoms with van der Waals surface area (Å²) in [7, 11) is 1.78. The molecule has 124 valence electrons. The third kappa shape index (κ3) is 3.61. The lowest BCUT2D eigenvalue weighted by atomic mass is 9.86. The summed E-state index contributed by atoms with van der Waals surface area (Å²) in [6, 6.07) is -0.139. The van der Waals surface area contributed by atoms with E-state index in [2.05, 4.69) is 10.4 Å². The number of urea groups is 1. The lowest BCUT2D eigenvalue weighted by molar-refractivity contribution is 0.0575. The van der Waals surface area contributed by atoms with Crippen LogP contribution in [0.2, 0.25) is 0 Å². The first-order valence-corrected chi connectivity index (χ1v) is 8.18. The average molecular weight is 308 g/mol. The number of carbonyl (C=O) groups is 1. The van der Waals surface area contributed by atoms with Crippen LogP contribution in [-0.4, -0.2) is 45.5 Å². The van der Waals surface area contributed by atoms with E-state index in [4.69, 9.17) is 0 Å². The van der Waals surface area contributed by atoms with E-state index >= 15 is 0 Å². The smallest absolute Gasteiger partial charge is 0.321 e. The number of hydrogen-bond acceptors (Lipinski definition) is 3. The summed E-state index contributed by atoms with van der Waals surface area (Å²) in [6.45, 7) is 7.27. The summed E-state index contributed by atoms with van der Waals surface area (Å²) < 4.78 is 1.88. The Labute approximate surface area is 132 Å². The SMILES string of the molecule is CCn1nc(C)c(NC(=O)N(C)CC2CCCCC2O)c1C. The van der Waals surface area contributed by atoms with Crippen molar-refractivity contribution < 1.29 is 9.90 Å². The van der Waals surface area contributed by atoms with Crippen molar-refractivity contribution >= 4 is 11.7 Å². The quantitative estimate of drug-likeness (QED) is 0.898. The second-order valence-corrected chi connectivity index (χ2v) is 6.28.